The number of nitrogens with zero attached hydrogens (tertiary/aromatic N) is 1. The van der Waals surface area contributed by atoms with E-state index in [2.05, 4.69) is 29.6 Å². The van der Waals surface area contributed by atoms with Crippen molar-refractivity contribution in [1.29, 1.82) is 0 Å². The van der Waals surface area contributed by atoms with Gasteiger partial charge >= 0.3 is 0 Å². The Labute approximate surface area is 231 Å². The van der Waals surface area contributed by atoms with Crippen LogP contribution in [0.4, 0.5) is 11.4 Å². The molecule has 3 amide bonds. The minimum Gasteiger partial charge on any atom is -0.322 e. The van der Waals surface area contributed by atoms with Crippen LogP contribution in [0.1, 0.15) is 44.4 Å². The first-order chi connectivity index (χ1) is 19.6. The van der Waals surface area contributed by atoms with Crippen LogP contribution >= 0.6 is 0 Å². The number of fused-ring (bicyclic) bond motifs is 1. The van der Waals surface area contributed by atoms with Crippen LogP contribution in [0, 0.1) is 11.8 Å². The second-order valence-corrected chi connectivity index (χ2v) is 10.8. The molecule has 192 valence electrons. The molecule has 0 unspecified atom stereocenters. The van der Waals surface area contributed by atoms with Crippen molar-refractivity contribution in [2.75, 3.05) is 10.2 Å². The fourth-order valence-electron chi connectivity index (χ4n) is 7.19. The van der Waals surface area contributed by atoms with Gasteiger partial charge in [0.15, 0.2) is 0 Å². The van der Waals surface area contributed by atoms with Gasteiger partial charge in [-0.25, -0.2) is 4.90 Å². The van der Waals surface area contributed by atoms with Crippen molar-refractivity contribution in [2.24, 2.45) is 11.8 Å². The highest BCUT2D eigenvalue weighted by molar-refractivity contribution is 6.23. The van der Waals surface area contributed by atoms with E-state index >= 15 is 0 Å². The number of amides is 3. The van der Waals surface area contributed by atoms with Crippen molar-refractivity contribution in [3.05, 3.63) is 143 Å². The zero-order valence-electron chi connectivity index (χ0n) is 21.5. The van der Waals surface area contributed by atoms with Crippen LogP contribution in [-0.4, -0.2) is 17.7 Å². The van der Waals surface area contributed by atoms with Crippen LogP contribution in [0.2, 0.25) is 0 Å². The van der Waals surface area contributed by atoms with Crippen LogP contribution in [0.5, 0.6) is 0 Å². The summed E-state index contributed by atoms with van der Waals surface area (Å²) in [6, 6.07) is 36.9. The minimum atomic E-state index is -0.461. The number of carbonyl (C=O) groups is 3. The van der Waals surface area contributed by atoms with E-state index < -0.39 is 11.8 Å². The van der Waals surface area contributed by atoms with Gasteiger partial charge in [-0.15, -0.1) is 0 Å². The number of hydrogen-bond donors (Lipinski definition) is 1. The maximum atomic E-state index is 14.1. The highest BCUT2D eigenvalue weighted by atomic mass is 16.2. The average Bonchev–Trinajstić information content (AvgIpc) is 3.27. The number of carbonyl (C=O) groups excluding carboxylic acids is 3. The SMILES string of the molecule is O=C(Nc1ccc2ccccc2c1)c1cccc(N2C(=O)[C@@H]3C4c5ccccc5C(c5ccccc54)[C@H]3C2=O)c1. The molecule has 0 aromatic heterocycles. The van der Waals surface area contributed by atoms with Crippen molar-refractivity contribution < 1.29 is 14.4 Å². The third kappa shape index (κ3) is 3.18. The summed E-state index contributed by atoms with van der Waals surface area (Å²) in [5.74, 6) is -1.93. The van der Waals surface area contributed by atoms with Crippen LogP contribution in [-0.2, 0) is 9.59 Å². The first-order valence-electron chi connectivity index (χ1n) is 13.6. The largest absolute Gasteiger partial charge is 0.322 e. The monoisotopic (exact) mass is 520 g/mol. The van der Waals surface area contributed by atoms with Crippen LogP contribution in [0.15, 0.2) is 115 Å². The van der Waals surface area contributed by atoms with Crippen molar-refractivity contribution in [1.82, 2.24) is 0 Å². The fourth-order valence-corrected chi connectivity index (χ4v) is 7.19. The minimum absolute atomic E-state index is 0.164. The molecule has 4 aliphatic rings. The topological polar surface area (TPSA) is 66.5 Å². The molecule has 0 saturated carbocycles. The zero-order chi connectivity index (χ0) is 27.0. The van der Waals surface area contributed by atoms with Gasteiger partial charge in [-0.2, -0.15) is 0 Å². The molecule has 5 nitrogen and oxygen atoms in total. The molecule has 2 bridgehead atoms. The van der Waals surface area contributed by atoms with E-state index in [1.165, 1.54) is 4.90 Å². The standard InChI is InChI=1S/C35H24N2O3/c38-33(36-23-17-16-20-8-1-2-9-21(20)18-23)22-10-7-11-24(19-22)37-34(39)31-29-25-12-3-4-13-26(25)30(32(31)35(37)40)28-15-6-5-14-27(28)29/h1-19,29-32H,(H,36,38)/t29?,30?,31-,32-/m1/s1. The van der Waals surface area contributed by atoms with Crippen molar-refractivity contribution in [3.63, 3.8) is 0 Å². The van der Waals surface area contributed by atoms with Gasteiger partial charge in [0.25, 0.3) is 5.91 Å². The number of nitrogens with one attached hydrogen (secondary N) is 1. The molecule has 3 aliphatic carbocycles. The highest BCUT2D eigenvalue weighted by Gasteiger charge is 2.61. The molecule has 0 spiro atoms. The Morgan fingerprint density at radius 3 is 1.73 bits per heavy atom. The molecular formula is C35H24N2O3. The molecular weight excluding hydrogens is 496 g/mol. The summed E-state index contributed by atoms with van der Waals surface area (Å²) in [6.07, 6.45) is 0. The molecule has 1 aliphatic heterocycles. The van der Waals surface area contributed by atoms with Gasteiger partial charge in [0.05, 0.1) is 17.5 Å². The van der Waals surface area contributed by atoms with Crippen LogP contribution in [0.25, 0.3) is 10.8 Å². The van der Waals surface area contributed by atoms with E-state index in [4.69, 9.17) is 0 Å². The number of hydrogen-bond acceptors (Lipinski definition) is 3. The second-order valence-electron chi connectivity index (χ2n) is 10.8. The summed E-state index contributed by atoms with van der Waals surface area (Å²) in [7, 11) is 0. The number of rotatable bonds is 3. The number of anilines is 2. The Balaban J connectivity index is 1.14. The average molecular weight is 521 g/mol. The number of imide groups is 1. The molecule has 1 heterocycles. The van der Waals surface area contributed by atoms with E-state index in [0.29, 0.717) is 16.9 Å². The summed E-state index contributed by atoms with van der Waals surface area (Å²) in [5.41, 5.74) is 6.05. The first kappa shape index (κ1) is 22.9. The first-order valence-corrected chi connectivity index (χ1v) is 13.6. The molecule has 9 rings (SSSR count). The second kappa shape index (κ2) is 8.48. The lowest BCUT2D eigenvalue weighted by Gasteiger charge is -2.45. The Morgan fingerprint density at radius 2 is 1.12 bits per heavy atom. The summed E-state index contributed by atoms with van der Waals surface area (Å²) in [4.78, 5) is 42.7. The van der Waals surface area contributed by atoms with E-state index in [-0.39, 0.29) is 29.6 Å². The van der Waals surface area contributed by atoms with Gasteiger partial charge in [0, 0.05) is 23.1 Å². The van der Waals surface area contributed by atoms with Crippen LogP contribution in [0.3, 0.4) is 0 Å². The summed E-state index contributed by atoms with van der Waals surface area (Å²) in [6.45, 7) is 0. The molecule has 1 N–H and O–H groups in total. The highest BCUT2D eigenvalue weighted by Crippen LogP contribution is 2.61. The molecule has 0 radical (unpaired) electrons. The molecule has 2 atom stereocenters. The smallest absolute Gasteiger partial charge is 0.255 e. The lowest BCUT2D eigenvalue weighted by atomic mass is 9.55. The normalized spacial score (nSPS) is 22.1. The van der Waals surface area contributed by atoms with Crippen LogP contribution < -0.4 is 10.2 Å². The maximum absolute atomic E-state index is 14.1. The van der Waals surface area contributed by atoms with Crippen molar-refractivity contribution >= 4 is 39.9 Å². The van der Waals surface area contributed by atoms with Gasteiger partial charge < -0.3 is 5.32 Å². The lowest BCUT2D eigenvalue weighted by Crippen LogP contribution is -2.41. The fraction of sp³-hybridized carbons (Fsp3) is 0.114. The molecule has 5 aromatic rings. The quantitative estimate of drug-likeness (QED) is 0.277. The van der Waals surface area contributed by atoms with Gasteiger partial charge in [-0.1, -0.05) is 84.9 Å². The Bertz CT molecular complexity index is 1780. The maximum Gasteiger partial charge on any atom is 0.255 e. The van der Waals surface area contributed by atoms with E-state index in [9.17, 15) is 14.4 Å². The Kier molecular flexibility index (Phi) is 4.86. The van der Waals surface area contributed by atoms with Gasteiger partial charge in [-0.3, -0.25) is 14.4 Å². The summed E-state index contributed by atoms with van der Waals surface area (Å²) in [5, 5.41) is 5.08. The van der Waals surface area contributed by atoms with E-state index in [0.717, 1.165) is 33.0 Å². The molecule has 1 fully saturated rings. The predicted octanol–water partition coefficient (Wildman–Crippen LogP) is 6.49. The Hall–Kier alpha value is -5.03. The molecule has 1 saturated heterocycles. The van der Waals surface area contributed by atoms with Gasteiger partial charge in [0.1, 0.15) is 0 Å². The summed E-state index contributed by atoms with van der Waals surface area (Å²) < 4.78 is 0. The third-order valence-electron chi connectivity index (χ3n) is 8.82. The van der Waals surface area contributed by atoms with Gasteiger partial charge in [-0.05, 0) is 63.4 Å². The predicted molar refractivity (Wildman–Crippen MR) is 154 cm³/mol. The molecule has 40 heavy (non-hydrogen) atoms. The van der Waals surface area contributed by atoms with E-state index in [1.807, 2.05) is 66.7 Å². The molecule has 5 aromatic carbocycles. The van der Waals surface area contributed by atoms with Crippen molar-refractivity contribution in [3.8, 4) is 0 Å². The molecule has 5 heteroatoms. The Morgan fingerprint density at radius 1 is 0.575 bits per heavy atom. The lowest BCUT2D eigenvalue weighted by molar-refractivity contribution is -0.122. The number of benzene rings is 5. The van der Waals surface area contributed by atoms with Crippen molar-refractivity contribution in [2.45, 2.75) is 11.8 Å². The van der Waals surface area contributed by atoms with Gasteiger partial charge in [0.2, 0.25) is 11.8 Å². The summed E-state index contributed by atoms with van der Waals surface area (Å²) >= 11 is 0. The zero-order valence-corrected chi connectivity index (χ0v) is 21.5. The van der Waals surface area contributed by atoms with E-state index in [1.54, 1.807) is 24.3 Å². The third-order valence-corrected chi connectivity index (χ3v) is 8.82.